The Morgan fingerprint density at radius 1 is 0.250 bits per heavy atom. The minimum absolute atomic E-state index is 0. The van der Waals surface area contributed by atoms with E-state index in [0.717, 1.165) is 0 Å². The van der Waals surface area contributed by atoms with Gasteiger partial charge in [0.05, 0.1) is 0 Å². The Morgan fingerprint density at radius 2 is 0.250 bits per heavy atom. The van der Waals surface area contributed by atoms with Crippen molar-refractivity contribution in [1.82, 2.24) is 0 Å². The minimum atomic E-state index is 0. The van der Waals surface area contributed by atoms with E-state index < -0.39 is 0 Å². The number of rotatable bonds is 0. The fraction of sp³-hybridized carbons (Fsp3) is 0. The number of halogens is 2. The van der Waals surface area contributed by atoms with Gasteiger partial charge in [-0.25, -0.2) is 0 Å². The summed E-state index contributed by atoms with van der Waals surface area (Å²) in [6, 6.07) is 0. The topological polar surface area (TPSA) is 252 Å². The van der Waals surface area contributed by atoms with E-state index in [0.29, 0.717) is 0 Å². The van der Waals surface area contributed by atoms with Crippen LogP contribution < -0.4 is 0 Å². The molecule has 0 saturated carbocycles. The van der Waals surface area contributed by atoms with Crippen molar-refractivity contribution in [1.29, 1.82) is 0 Å². The van der Waals surface area contributed by atoms with E-state index >= 15 is 0 Å². The van der Waals surface area contributed by atoms with Crippen molar-refractivity contribution >= 4 is 100 Å². The summed E-state index contributed by atoms with van der Waals surface area (Å²) in [5.74, 6) is 0. The molecule has 0 bridgehead atoms. The second kappa shape index (κ2) is 291. The van der Waals surface area contributed by atoms with Crippen molar-refractivity contribution in [3.05, 3.63) is 0 Å². The van der Waals surface area contributed by atoms with Gasteiger partial charge in [0.25, 0.3) is 0 Å². The van der Waals surface area contributed by atoms with Crippen LogP contribution in [-0.2, 0) is 0 Å². The monoisotopic (exact) mass is 300 g/mol. The first-order valence-electron chi connectivity index (χ1n) is 0. The van der Waals surface area contributed by atoms with Gasteiger partial charge in [-0.3, -0.25) is 0 Å². The van der Waals surface area contributed by atoms with Crippen LogP contribution in [0.15, 0.2) is 0 Å². The molecule has 0 heterocycles. The van der Waals surface area contributed by atoms with Crippen LogP contribution in [0.4, 0.5) is 0 Å². The predicted molar refractivity (Wildman–Crippen MR) is 60.5 cm³/mol. The fourth-order valence-electron chi connectivity index (χ4n) is 0. The van der Waals surface area contributed by atoms with Crippen molar-refractivity contribution in [2.75, 3.05) is 0 Å². The molecular weight excluding hydrogens is 279 g/mol. The van der Waals surface area contributed by atoms with Gasteiger partial charge < -0.3 is 43.8 Å². The van der Waals surface area contributed by atoms with Crippen molar-refractivity contribution in [3.8, 4) is 0 Å². The molecule has 0 aliphatic carbocycles. The summed E-state index contributed by atoms with van der Waals surface area (Å²) in [6.45, 7) is 0. The second-order valence-corrected chi connectivity index (χ2v) is 0. The van der Waals surface area contributed by atoms with E-state index in [1.165, 1.54) is 0 Å². The fourth-order valence-corrected chi connectivity index (χ4v) is 0. The van der Waals surface area contributed by atoms with Gasteiger partial charge in [-0.15, -0.1) is 24.8 Å². The third-order valence-electron chi connectivity index (χ3n) is 0. The van der Waals surface area contributed by atoms with Gasteiger partial charge in [-0.05, 0) is 0 Å². The van der Waals surface area contributed by atoms with Gasteiger partial charge in [-0.1, -0.05) is 0 Å². The van der Waals surface area contributed by atoms with Crippen molar-refractivity contribution < 1.29 is 43.8 Å². The Bertz CT molecular complexity index is 15.0. The Kier molecular flexibility index (Phi) is 8820. The molecule has 8 nitrogen and oxygen atoms in total. The molecule has 0 fully saturated rings. The molecule has 88 valence electrons. The standard InChI is InChI=1S/2Ca.2ClH.8H2O.4H/h;;2*1H;8*1H2;;;;. The summed E-state index contributed by atoms with van der Waals surface area (Å²) in [5, 5.41) is 0. The number of hydrogen-bond acceptors (Lipinski definition) is 0. The summed E-state index contributed by atoms with van der Waals surface area (Å²) < 4.78 is 0. The number of hydrogen-bond donors (Lipinski definition) is 0. The van der Waals surface area contributed by atoms with Crippen LogP contribution >= 0.6 is 24.8 Å². The van der Waals surface area contributed by atoms with Crippen LogP contribution in [0.5, 0.6) is 0 Å². The molecule has 0 aliphatic rings. The normalized spacial score (nSPS) is 0. The van der Waals surface area contributed by atoms with Crippen LogP contribution in [0.1, 0.15) is 0 Å². The predicted octanol–water partition coefficient (Wildman–Crippen LogP) is -7.59. The summed E-state index contributed by atoms with van der Waals surface area (Å²) in [6.07, 6.45) is 0. The molecule has 12 heteroatoms. The Hall–Kier alpha value is 2.78. The first-order valence-corrected chi connectivity index (χ1v) is 0. The zero-order valence-corrected chi connectivity index (χ0v) is 6.45. The molecule has 0 aromatic carbocycles. The zero-order valence-electron chi connectivity index (χ0n) is 4.82. The van der Waals surface area contributed by atoms with Crippen LogP contribution in [0.3, 0.4) is 0 Å². The SMILES string of the molecule is Cl.Cl.O.O.O.O.O.O.O.O.[CaH2].[CaH2]. The van der Waals surface area contributed by atoms with Gasteiger partial charge in [0, 0.05) is 0 Å². The zero-order chi connectivity index (χ0) is 0. The van der Waals surface area contributed by atoms with Gasteiger partial charge >= 0.3 is 75.5 Å². The molecule has 0 radical (unpaired) electrons. The van der Waals surface area contributed by atoms with E-state index in [9.17, 15) is 0 Å². The van der Waals surface area contributed by atoms with Crippen LogP contribution in [-0.4, -0.2) is 119 Å². The van der Waals surface area contributed by atoms with E-state index in [1.54, 1.807) is 0 Å². The Morgan fingerprint density at radius 3 is 0.250 bits per heavy atom. The first-order chi connectivity index (χ1) is 0. The maximum atomic E-state index is 0. The van der Waals surface area contributed by atoms with E-state index in [-0.39, 0.29) is 144 Å². The Balaban J connectivity index is 0. The van der Waals surface area contributed by atoms with Crippen LogP contribution in [0, 0.1) is 0 Å². The van der Waals surface area contributed by atoms with E-state index in [1.807, 2.05) is 0 Å². The molecule has 0 aliphatic heterocycles. The third-order valence-corrected chi connectivity index (χ3v) is 0. The van der Waals surface area contributed by atoms with Gasteiger partial charge in [-0.2, -0.15) is 0 Å². The molecular formula is H22Ca2Cl2O8. The van der Waals surface area contributed by atoms with E-state index in [4.69, 9.17) is 0 Å². The molecule has 16 N–H and O–H groups in total. The average Bonchev–Trinajstić information content (AvgIpc) is 0. The van der Waals surface area contributed by atoms with Gasteiger partial charge in [0.15, 0.2) is 0 Å². The Labute approximate surface area is 142 Å². The molecule has 0 amide bonds. The van der Waals surface area contributed by atoms with Crippen molar-refractivity contribution in [3.63, 3.8) is 0 Å². The molecule has 0 aromatic heterocycles. The summed E-state index contributed by atoms with van der Waals surface area (Å²) in [5.41, 5.74) is 0. The summed E-state index contributed by atoms with van der Waals surface area (Å²) in [4.78, 5) is 0. The van der Waals surface area contributed by atoms with Crippen LogP contribution in [0.2, 0.25) is 0 Å². The quantitative estimate of drug-likeness (QED) is 0.377. The molecule has 0 saturated heterocycles. The first kappa shape index (κ1) is 363. The molecule has 0 spiro atoms. The van der Waals surface area contributed by atoms with Gasteiger partial charge in [0.1, 0.15) is 0 Å². The molecule has 0 atom stereocenters. The molecule has 12 heavy (non-hydrogen) atoms. The second-order valence-electron chi connectivity index (χ2n) is 0. The molecule has 0 aromatic rings. The summed E-state index contributed by atoms with van der Waals surface area (Å²) >= 11 is 0. The third kappa shape index (κ3) is 230. The van der Waals surface area contributed by atoms with E-state index in [2.05, 4.69) is 0 Å². The van der Waals surface area contributed by atoms with Crippen molar-refractivity contribution in [2.45, 2.75) is 0 Å². The molecule has 0 unspecified atom stereocenters. The maximum absolute atomic E-state index is 0. The van der Waals surface area contributed by atoms with Crippen LogP contribution in [0.25, 0.3) is 0 Å². The van der Waals surface area contributed by atoms with Crippen molar-refractivity contribution in [2.24, 2.45) is 0 Å². The molecule has 0 rings (SSSR count). The average molecular weight is 301 g/mol. The summed E-state index contributed by atoms with van der Waals surface area (Å²) in [7, 11) is 0. The van der Waals surface area contributed by atoms with Gasteiger partial charge in [0.2, 0.25) is 0 Å².